The predicted molar refractivity (Wildman–Crippen MR) is 89.7 cm³/mol. The van der Waals surface area contributed by atoms with E-state index in [1.54, 1.807) is 6.07 Å². The quantitative estimate of drug-likeness (QED) is 0.866. The molecule has 4 nitrogen and oxygen atoms in total. The summed E-state index contributed by atoms with van der Waals surface area (Å²) in [5.41, 5.74) is 3.47. The van der Waals surface area contributed by atoms with Gasteiger partial charge in [-0.3, -0.25) is 0 Å². The second-order valence-corrected chi connectivity index (χ2v) is 6.72. The van der Waals surface area contributed by atoms with Crippen molar-refractivity contribution in [1.29, 1.82) is 0 Å². The Labute approximate surface area is 136 Å². The lowest BCUT2D eigenvalue weighted by molar-refractivity contribution is -0.0911. The summed E-state index contributed by atoms with van der Waals surface area (Å²) in [6.45, 7) is 6.07. The van der Waals surface area contributed by atoms with Gasteiger partial charge >= 0.3 is 0 Å². The van der Waals surface area contributed by atoms with Gasteiger partial charge in [0.1, 0.15) is 11.5 Å². The number of aromatic hydroxyl groups is 1. The Morgan fingerprint density at radius 1 is 1.22 bits per heavy atom. The lowest BCUT2D eigenvalue weighted by Gasteiger charge is -2.43. The van der Waals surface area contributed by atoms with E-state index < -0.39 is 5.72 Å². The van der Waals surface area contributed by atoms with Crippen molar-refractivity contribution in [3.8, 4) is 11.5 Å². The highest BCUT2D eigenvalue weighted by Crippen LogP contribution is 2.46. The van der Waals surface area contributed by atoms with Gasteiger partial charge in [-0.05, 0) is 39.0 Å². The van der Waals surface area contributed by atoms with Crippen molar-refractivity contribution in [2.45, 2.75) is 39.0 Å². The largest absolute Gasteiger partial charge is 0.507 e. The number of phenols is 1. The smallest absolute Gasteiger partial charge is 0.192 e. The van der Waals surface area contributed by atoms with E-state index in [0.29, 0.717) is 0 Å². The molecule has 118 valence electrons. The van der Waals surface area contributed by atoms with E-state index in [-0.39, 0.29) is 11.8 Å². The average Bonchev–Trinajstić information content (AvgIpc) is 2.96. The molecule has 2 heterocycles. The summed E-state index contributed by atoms with van der Waals surface area (Å²) >= 11 is 0. The normalized spacial score (nSPS) is 21.3. The van der Waals surface area contributed by atoms with Crippen LogP contribution in [0.1, 0.15) is 43.0 Å². The first-order chi connectivity index (χ1) is 11.0. The molecule has 2 aliphatic heterocycles. The summed E-state index contributed by atoms with van der Waals surface area (Å²) in [4.78, 5) is 0. The zero-order valence-corrected chi connectivity index (χ0v) is 13.6. The Balaban J connectivity index is 1.80. The molecule has 4 heteroatoms. The highest BCUT2D eigenvalue weighted by molar-refractivity contribution is 6.04. The molecule has 0 unspecified atom stereocenters. The van der Waals surface area contributed by atoms with E-state index in [9.17, 15) is 5.11 Å². The lowest BCUT2D eigenvalue weighted by atomic mass is 9.94. The van der Waals surface area contributed by atoms with E-state index in [0.717, 1.165) is 34.6 Å². The molecular formula is C19H20N2O2. The summed E-state index contributed by atoms with van der Waals surface area (Å²) in [5.74, 6) is 1.20. The number of hydrogen-bond acceptors (Lipinski definition) is 4. The Kier molecular flexibility index (Phi) is 2.92. The third-order valence-corrected chi connectivity index (χ3v) is 4.56. The molecule has 0 amide bonds. The number of aryl methyl sites for hydroxylation is 1. The van der Waals surface area contributed by atoms with Crippen LogP contribution >= 0.6 is 0 Å². The molecule has 0 aromatic heterocycles. The molecule has 0 bridgehead atoms. The van der Waals surface area contributed by atoms with Crippen LogP contribution in [0.4, 0.5) is 0 Å². The first-order valence-electron chi connectivity index (χ1n) is 7.90. The van der Waals surface area contributed by atoms with Crippen LogP contribution in [0.25, 0.3) is 0 Å². The summed E-state index contributed by atoms with van der Waals surface area (Å²) in [7, 11) is 0. The maximum atomic E-state index is 10.2. The monoisotopic (exact) mass is 308 g/mol. The zero-order chi connectivity index (χ0) is 16.2. The second kappa shape index (κ2) is 4.75. The summed E-state index contributed by atoms with van der Waals surface area (Å²) in [6.07, 6.45) is 0.765. The van der Waals surface area contributed by atoms with Crippen molar-refractivity contribution >= 4 is 5.71 Å². The minimum atomic E-state index is -0.514. The highest BCUT2D eigenvalue weighted by atomic mass is 16.5. The number of rotatable bonds is 1. The molecule has 0 fully saturated rings. The Bertz CT molecular complexity index is 811. The lowest BCUT2D eigenvalue weighted by Crippen LogP contribution is -2.48. The number of benzene rings is 2. The molecule has 1 N–H and O–H groups in total. The fraction of sp³-hybridized carbons (Fsp3) is 0.316. The average molecular weight is 308 g/mol. The van der Waals surface area contributed by atoms with E-state index in [2.05, 4.69) is 6.07 Å². The fourth-order valence-electron chi connectivity index (χ4n) is 3.46. The Hall–Kier alpha value is -2.49. The van der Waals surface area contributed by atoms with Gasteiger partial charge in [-0.2, -0.15) is 5.10 Å². The van der Waals surface area contributed by atoms with Gasteiger partial charge in [0.2, 0.25) is 0 Å². The number of phenolic OH excluding ortho intramolecular Hbond substituents is 1. The topological polar surface area (TPSA) is 45.1 Å². The Morgan fingerprint density at radius 3 is 2.83 bits per heavy atom. The number of hydrazone groups is 1. The van der Waals surface area contributed by atoms with Crippen LogP contribution in [0.5, 0.6) is 11.5 Å². The molecule has 2 aromatic rings. The first kappa shape index (κ1) is 14.1. The van der Waals surface area contributed by atoms with Gasteiger partial charge in [0.25, 0.3) is 0 Å². The van der Waals surface area contributed by atoms with Crippen LogP contribution in [0.15, 0.2) is 47.6 Å². The number of para-hydroxylation sites is 1. The molecular weight excluding hydrogens is 288 g/mol. The molecule has 4 rings (SSSR count). The molecule has 2 aliphatic rings. The first-order valence-corrected chi connectivity index (χ1v) is 7.90. The minimum Gasteiger partial charge on any atom is -0.507 e. The Morgan fingerprint density at radius 2 is 2.00 bits per heavy atom. The molecule has 23 heavy (non-hydrogen) atoms. The highest BCUT2D eigenvalue weighted by Gasteiger charge is 2.44. The van der Waals surface area contributed by atoms with Crippen LogP contribution in [-0.2, 0) is 0 Å². The third-order valence-electron chi connectivity index (χ3n) is 4.56. The van der Waals surface area contributed by atoms with E-state index in [1.807, 2.05) is 56.1 Å². The third kappa shape index (κ3) is 2.17. The van der Waals surface area contributed by atoms with Crippen molar-refractivity contribution in [1.82, 2.24) is 5.01 Å². The summed E-state index contributed by atoms with van der Waals surface area (Å²) in [5, 5.41) is 17.0. The maximum absolute atomic E-state index is 10.2. The van der Waals surface area contributed by atoms with Crippen molar-refractivity contribution in [3.05, 3.63) is 59.2 Å². The van der Waals surface area contributed by atoms with E-state index >= 15 is 0 Å². The molecule has 0 spiro atoms. The van der Waals surface area contributed by atoms with Crippen LogP contribution in [0.3, 0.4) is 0 Å². The summed E-state index contributed by atoms with van der Waals surface area (Å²) < 4.78 is 6.13. The number of nitrogens with zero attached hydrogens (tertiary/aromatic N) is 2. The number of fused-ring (bicyclic) bond motifs is 3. The van der Waals surface area contributed by atoms with Crippen molar-refractivity contribution < 1.29 is 9.84 Å². The SMILES string of the molecule is Cc1ccc(O)c(C2=NN3[C@@H](C2)c2ccccc2OC3(C)C)c1. The van der Waals surface area contributed by atoms with Crippen LogP contribution < -0.4 is 4.74 Å². The van der Waals surface area contributed by atoms with E-state index in [1.165, 1.54) is 0 Å². The predicted octanol–water partition coefficient (Wildman–Crippen LogP) is 3.98. The molecule has 0 aliphatic carbocycles. The van der Waals surface area contributed by atoms with Crippen molar-refractivity contribution in [2.24, 2.45) is 5.10 Å². The minimum absolute atomic E-state index is 0.143. The summed E-state index contributed by atoms with van der Waals surface area (Å²) in [6, 6.07) is 13.9. The molecule has 0 saturated carbocycles. The van der Waals surface area contributed by atoms with Crippen LogP contribution in [0, 0.1) is 6.92 Å². The number of hydrogen-bond donors (Lipinski definition) is 1. The van der Waals surface area contributed by atoms with Gasteiger partial charge in [-0.15, -0.1) is 0 Å². The molecule has 2 aromatic carbocycles. The van der Waals surface area contributed by atoms with Gasteiger partial charge in [-0.25, -0.2) is 5.01 Å². The van der Waals surface area contributed by atoms with Gasteiger partial charge < -0.3 is 9.84 Å². The fourth-order valence-corrected chi connectivity index (χ4v) is 3.46. The van der Waals surface area contributed by atoms with Gasteiger partial charge in [0.15, 0.2) is 5.72 Å². The van der Waals surface area contributed by atoms with Gasteiger partial charge in [0, 0.05) is 17.5 Å². The molecule has 1 atom stereocenters. The van der Waals surface area contributed by atoms with Crippen LogP contribution in [-0.4, -0.2) is 21.6 Å². The second-order valence-electron chi connectivity index (χ2n) is 6.72. The van der Waals surface area contributed by atoms with E-state index in [4.69, 9.17) is 9.84 Å². The van der Waals surface area contributed by atoms with Gasteiger partial charge in [0.05, 0.1) is 11.8 Å². The standard InChI is InChI=1S/C19H20N2O2/c1-12-8-9-17(22)14(10-12)15-11-16-13-6-4-5-7-18(13)23-19(2,3)21(16)20-15/h4-10,16,22H,11H2,1-3H3/t16-/m0/s1. The molecule has 0 saturated heterocycles. The van der Waals surface area contributed by atoms with Gasteiger partial charge in [-0.1, -0.05) is 29.8 Å². The number of ether oxygens (including phenoxy) is 1. The van der Waals surface area contributed by atoms with Crippen molar-refractivity contribution in [3.63, 3.8) is 0 Å². The van der Waals surface area contributed by atoms with Crippen molar-refractivity contribution in [2.75, 3.05) is 0 Å². The maximum Gasteiger partial charge on any atom is 0.192 e. The molecule has 0 radical (unpaired) electrons. The van der Waals surface area contributed by atoms with Crippen LogP contribution in [0.2, 0.25) is 0 Å². The zero-order valence-electron chi connectivity index (χ0n) is 13.6.